The van der Waals surface area contributed by atoms with Crippen LogP contribution in [0.3, 0.4) is 0 Å². The van der Waals surface area contributed by atoms with Gasteiger partial charge in [-0.2, -0.15) is 0 Å². The summed E-state index contributed by atoms with van der Waals surface area (Å²) in [5.74, 6) is -0.599. The van der Waals surface area contributed by atoms with E-state index < -0.39 is 11.9 Å². The van der Waals surface area contributed by atoms with Crippen molar-refractivity contribution in [1.29, 1.82) is 0 Å². The minimum absolute atomic E-state index is 0.472. The zero-order chi connectivity index (χ0) is 18.4. The van der Waals surface area contributed by atoms with Crippen LogP contribution in [0, 0.1) is 6.92 Å². The Labute approximate surface area is 150 Å². The van der Waals surface area contributed by atoms with Gasteiger partial charge in [0.2, 0.25) is 0 Å². The third kappa shape index (κ3) is 4.53. The predicted molar refractivity (Wildman–Crippen MR) is 102 cm³/mol. The highest BCUT2D eigenvalue weighted by Crippen LogP contribution is 2.27. The smallest absolute Gasteiger partial charge is 0.311 e. The molecule has 2 aromatic carbocycles. The molecule has 134 valence electrons. The van der Waals surface area contributed by atoms with Gasteiger partial charge in [-0.15, -0.1) is 0 Å². The van der Waals surface area contributed by atoms with E-state index in [-0.39, 0.29) is 0 Å². The van der Waals surface area contributed by atoms with Crippen LogP contribution in [0.1, 0.15) is 36.5 Å². The van der Waals surface area contributed by atoms with Crippen LogP contribution in [0.4, 0.5) is 5.69 Å². The second kappa shape index (κ2) is 8.56. The number of carboxylic acids is 1. The van der Waals surface area contributed by atoms with Gasteiger partial charge >= 0.3 is 5.97 Å². The molecule has 0 aliphatic heterocycles. The third-order valence-corrected chi connectivity index (χ3v) is 4.62. The number of methoxy groups -OCH3 is 1. The maximum atomic E-state index is 11.8. The normalized spacial score (nSPS) is 11.8. The molecule has 0 aliphatic rings. The van der Waals surface area contributed by atoms with Crippen molar-refractivity contribution in [1.82, 2.24) is 0 Å². The summed E-state index contributed by atoms with van der Waals surface area (Å²) in [4.78, 5) is 14.1. The zero-order valence-corrected chi connectivity index (χ0v) is 15.5. The molecule has 0 radical (unpaired) electrons. The number of carboxylic acid groups (broad SMARTS) is 1. The van der Waals surface area contributed by atoms with Crippen LogP contribution in [0.5, 0.6) is 5.75 Å². The summed E-state index contributed by atoms with van der Waals surface area (Å²) < 4.78 is 5.26. The van der Waals surface area contributed by atoms with Crippen LogP contribution in [0.25, 0.3) is 0 Å². The second-order valence-electron chi connectivity index (χ2n) is 6.16. The highest BCUT2D eigenvalue weighted by molar-refractivity contribution is 5.76. The first-order valence-corrected chi connectivity index (χ1v) is 8.71. The third-order valence-electron chi connectivity index (χ3n) is 4.62. The molecular formula is C21H27NO3. The van der Waals surface area contributed by atoms with Crippen molar-refractivity contribution in [3.63, 3.8) is 0 Å². The molecule has 1 atom stereocenters. The molecule has 0 saturated carbocycles. The van der Waals surface area contributed by atoms with Crippen LogP contribution >= 0.6 is 0 Å². The monoisotopic (exact) mass is 341 g/mol. The van der Waals surface area contributed by atoms with E-state index in [9.17, 15) is 9.90 Å². The number of nitrogens with zero attached hydrogens (tertiary/aromatic N) is 1. The van der Waals surface area contributed by atoms with Crippen molar-refractivity contribution in [3.05, 3.63) is 59.2 Å². The molecule has 0 fully saturated rings. The molecule has 4 heteroatoms. The lowest BCUT2D eigenvalue weighted by Crippen LogP contribution is -2.21. The summed E-state index contributed by atoms with van der Waals surface area (Å²) in [7, 11) is 1.62. The molecule has 2 rings (SSSR count). The Kier molecular flexibility index (Phi) is 6.45. The van der Waals surface area contributed by atoms with Gasteiger partial charge in [-0.25, -0.2) is 0 Å². The van der Waals surface area contributed by atoms with Crippen molar-refractivity contribution in [2.24, 2.45) is 0 Å². The minimum Gasteiger partial charge on any atom is -0.496 e. The molecule has 0 aliphatic carbocycles. The van der Waals surface area contributed by atoms with Crippen LogP contribution in [-0.2, 0) is 11.2 Å². The summed E-state index contributed by atoms with van der Waals surface area (Å²) in [6, 6.07) is 13.8. The van der Waals surface area contributed by atoms with Gasteiger partial charge in [0.25, 0.3) is 0 Å². The first kappa shape index (κ1) is 18.8. The molecule has 0 amide bonds. The lowest BCUT2D eigenvalue weighted by atomic mass is 9.91. The predicted octanol–water partition coefficient (Wildman–Crippen LogP) is 4.26. The lowest BCUT2D eigenvalue weighted by molar-refractivity contribution is -0.138. The largest absolute Gasteiger partial charge is 0.496 e. The zero-order valence-electron chi connectivity index (χ0n) is 15.5. The van der Waals surface area contributed by atoms with Gasteiger partial charge in [0.1, 0.15) is 5.75 Å². The summed E-state index contributed by atoms with van der Waals surface area (Å²) >= 11 is 0. The first-order chi connectivity index (χ1) is 12.0. The van der Waals surface area contributed by atoms with Crippen LogP contribution < -0.4 is 9.64 Å². The van der Waals surface area contributed by atoms with E-state index in [0.29, 0.717) is 6.42 Å². The number of benzene rings is 2. The van der Waals surface area contributed by atoms with Crippen LogP contribution in [0.15, 0.2) is 42.5 Å². The molecule has 2 aromatic rings. The Morgan fingerprint density at radius 2 is 1.76 bits per heavy atom. The standard InChI is InChI=1S/C21H27NO3/c1-5-22(6-2)18-10-7-16(8-11-18)14-19(21(23)24)17-9-12-20(25-4)15(3)13-17/h7-13,19H,5-6,14H2,1-4H3,(H,23,24). The summed E-state index contributed by atoms with van der Waals surface area (Å²) in [5, 5.41) is 9.68. The molecule has 0 aromatic heterocycles. The van der Waals surface area contributed by atoms with Crippen LogP contribution in [-0.4, -0.2) is 31.3 Å². The Morgan fingerprint density at radius 3 is 2.24 bits per heavy atom. The van der Waals surface area contributed by atoms with E-state index >= 15 is 0 Å². The van der Waals surface area contributed by atoms with E-state index in [1.165, 1.54) is 5.69 Å². The lowest BCUT2D eigenvalue weighted by Gasteiger charge is -2.21. The van der Waals surface area contributed by atoms with Crippen molar-refractivity contribution < 1.29 is 14.6 Å². The fourth-order valence-corrected chi connectivity index (χ4v) is 3.13. The number of ether oxygens (including phenoxy) is 1. The number of carbonyl (C=O) groups is 1. The fraction of sp³-hybridized carbons (Fsp3) is 0.381. The molecule has 1 N–H and O–H groups in total. The highest BCUT2D eigenvalue weighted by Gasteiger charge is 2.21. The summed E-state index contributed by atoms with van der Waals surface area (Å²) in [6.45, 7) is 8.10. The minimum atomic E-state index is -0.808. The number of rotatable bonds is 8. The fourth-order valence-electron chi connectivity index (χ4n) is 3.13. The van der Waals surface area contributed by atoms with E-state index in [0.717, 1.165) is 35.5 Å². The van der Waals surface area contributed by atoms with E-state index in [1.54, 1.807) is 7.11 Å². The Bertz CT molecular complexity index is 706. The molecular weight excluding hydrogens is 314 g/mol. The molecule has 4 nitrogen and oxygen atoms in total. The van der Waals surface area contributed by atoms with Crippen LogP contribution in [0.2, 0.25) is 0 Å². The second-order valence-corrected chi connectivity index (χ2v) is 6.16. The number of anilines is 1. The molecule has 25 heavy (non-hydrogen) atoms. The van der Waals surface area contributed by atoms with E-state index in [1.807, 2.05) is 37.3 Å². The number of hydrogen-bond donors (Lipinski definition) is 1. The average molecular weight is 341 g/mol. The molecule has 0 spiro atoms. The van der Waals surface area contributed by atoms with Crippen molar-refractivity contribution >= 4 is 11.7 Å². The van der Waals surface area contributed by atoms with Crippen molar-refractivity contribution in [2.75, 3.05) is 25.1 Å². The van der Waals surface area contributed by atoms with Gasteiger partial charge in [0.15, 0.2) is 0 Å². The van der Waals surface area contributed by atoms with Gasteiger partial charge in [0.05, 0.1) is 13.0 Å². The number of aliphatic carboxylic acids is 1. The Morgan fingerprint density at radius 1 is 1.12 bits per heavy atom. The number of aryl methyl sites for hydroxylation is 1. The van der Waals surface area contributed by atoms with Gasteiger partial charge in [-0.3, -0.25) is 4.79 Å². The van der Waals surface area contributed by atoms with Crippen molar-refractivity contribution in [3.8, 4) is 5.75 Å². The van der Waals surface area contributed by atoms with E-state index in [4.69, 9.17) is 4.74 Å². The SMILES string of the molecule is CCN(CC)c1ccc(CC(C(=O)O)c2ccc(OC)c(C)c2)cc1. The topological polar surface area (TPSA) is 49.8 Å². The number of hydrogen-bond acceptors (Lipinski definition) is 3. The first-order valence-electron chi connectivity index (χ1n) is 8.71. The average Bonchev–Trinajstić information content (AvgIpc) is 2.61. The molecule has 1 unspecified atom stereocenters. The highest BCUT2D eigenvalue weighted by atomic mass is 16.5. The van der Waals surface area contributed by atoms with Gasteiger partial charge in [-0.05, 0) is 62.1 Å². The summed E-state index contributed by atoms with van der Waals surface area (Å²) in [6.07, 6.45) is 0.472. The van der Waals surface area contributed by atoms with Gasteiger partial charge in [0, 0.05) is 18.8 Å². The Balaban J connectivity index is 2.22. The van der Waals surface area contributed by atoms with Gasteiger partial charge < -0.3 is 14.7 Å². The Hall–Kier alpha value is -2.49. The molecule has 0 saturated heterocycles. The van der Waals surface area contributed by atoms with E-state index in [2.05, 4.69) is 30.9 Å². The maximum absolute atomic E-state index is 11.8. The maximum Gasteiger partial charge on any atom is 0.311 e. The van der Waals surface area contributed by atoms with Gasteiger partial charge in [-0.1, -0.05) is 24.3 Å². The van der Waals surface area contributed by atoms with Crippen molar-refractivity contribution in [2.45, 2.75) is 33.1 Å². The molecule has 0 heterocycles. The molecule has 0 bridgehead atoms. The quantitative estimate of drug-likeness (QED) is 0.779. The summed E-state index contributed by atoms with van der Waals surface area (Å²) in [5.41, 5.74) is 3.94.